The lowest BCUT2D eigenvalue weighted by molar-refractivity contribution is -0.00458. The smallest absolute Gasteiger partial charge is 0.0598 e. The van der Waals surface area contributed by atoms with Crippen LogP contribution in [0.15, 0.2) is 0 Å². The second-order valence-electron chi connectivity index (χ2n) is 3.71. The minimum Gasteiger partial charge on any atom is -0.376 e. The van der Waals surface area contributed by atoms with E-state index in [4.69, 9.17) is 16.3 Å². The average molecular weight is 179 g/mol. The van der Waals surface area contributed by atoms with Gasteiger partial charge in [-0.1, -0.05) is 0 Å². The molecule has 0 bridgehead atoms. The van der Waals surface area contributed by atoms with Crippen LogP contribution in [0.4, 0.5) is 0 Å². The van der Waals surface area contributed by atoms with Crippen LogP contribution in [0.5, 0.6) is 0 Å². The number of rotatable bonds is 5. The van der Waals surface area contributed by atoms with Crippen molar-refractivity contribution in [1.29, 1.82) is 0 Å². The van der Waals surface area contributed by atoms with Crippen molar-refractivity contribution < 1.29 is 4.74 Å². The predicted octanol–water partition coefficient (Wildman–Crippen LogP) is 3.21. The topological polar surface area (TPSA) is 9.23 Å². The maximum absolute atomic E-state index is 5.53. The second kappa shape index (κ2) is 5.84. The predicted molar refractivity (Wildman–Crippen MR) is 50.3 cm³/mol. The van der Waals surface area contributed by atoms with Crippen LogP contribution in [-0.4, -0.2) is 18.1 Å². The van der Waals surface area contributed by atoms with E-state index in [1.165, 1.54) is 6.42 Å². The molecule has 0 aromatic carbocycles. The van der Waals surface area contributed by atoms with Crippen molar-refractivity contribution in [3.8, 4) is 0 Å². The van der Waals surface area contributed by atoms with Crippen LogP contribution < -0.4 is 0 Å². The van der Waals surface area contributed by atoms with Gasteiger partial charge in [0, 0.05) is 12.5 Å². The van der Waals surface area contributed by atoms with Gasteiger partial charge < -0.3 is 4.74 Å². The van der Waals surface area contributed by atoms with Crippen molar-refractivity contribution >= 4 is 11.6 Å². The Balaban J connectivity index is 3.02. The first-order valence-corrected chi connectivity index (χ1v) is 4.79. The fourth-order valence-corrected chi connectivity index (χ4v) is 0.941. The van der Waals surface area contributed by atoms with E-state index in [9.17, 15) is 0 Å². The summed E-state index contributed by atoms with van der Waals surface area (Å²) in [4.78, 5) is 0. The molecule has 0 fully saturated rings. The van der Waals surface area contributed by atoms with E-state index < -0.39 is 0 Å². The molecule has 0 unspecified atom stereocenters. The van der Waals surface area contributed by atoms with Crippen LogP contribution in [-0.2, 0) is 4.74 Å². The maximum Gasteiger partial charge on any atom is 0.0598 e. The lowest BCUT2D eigenvalue weighted by atomic mass is 10.2. The van der Waals surface area contributed by atoms with Gasteiger partial charge in [0.1, 0.15) is 0 Å². The molecule has 0 saturated heterocycles. The first-order valence-electron chi connectivity index (χ1n) is 4.26. The highest BCUT2D eigenvalue weighted by atomic mass is 35.5. The fourth-order valence-electron chi connectivity index (χ4n) is 0.752. The van der Waals surface area contributed by atoms with Crippen LogP contribution in [0.25, 0.3) is 0 Å². The van der Waals surface area contributed by atoms with Crippen molar-refractivity contribution in [3.63, 3.8) is 0 Å². The molecule has 0 amide bonds. The first-order chi connectivity index (χ1) is 5.06. The van der Waals surface area contributed by atoms with Gasteiger partial charge in [-0.15, -0.1) is 11.6 Å². The summed E-state index contributed by atoms with van der Waals surface area (Å²) in [6.45, 7) is 7.10. The number of hydrogen-bond donors (Lipinski definition) is 0. The van der Waals surface area contributed by atoms with Crippen molar-refractivity contribution in [2.24, 2.45) is 0 Å². The Bertz CT molecular complexity index is 86.1. The Morgan fingerprint density at radius 1 is 1.09 bits per heavy atom. The summed E-state index contributed by atoms with van der Waals surface area (Å²) in [5, 5.41) is 0. The Morgan fingerprint density at radius 3 is 2.18 bits per heavy atom. The van der Waals surface area contributed by atoms with E-state index in [0.717, 1.165) is 25.3 Å². The molecule has 0 N–H and O–H groups in total. The van der Waals surface area contributed by atoms with E-state index in [1.54, 1.807) is 0 Å². The van der Waals surface area contributed by atoms with Gasteiger partial charge in [-0.05, 0) is 40.0 Å². The van der Waals surface area contributed by atoms with Crippen LogP contribution in [0.1, 0.15) is 40.0 Å². The average Bonchev–Trinajstić information content (AvgIpc) is 1.85. The first kappa shape index (κ1) is 11.2. The summed E-state index contributed by atoms with van der Waals surface area (Å²) in [6.07, 6.45) is 3.42. The second-order valence-corrected chi connectivity index (χ2v) is 4.09. The molecule has 68 valence electrons. The Kier molecular flexibility index (Phi) is 5.98. The third kappa shape index (κ3) is 10.2. The number of hydrogen-bond acceptors (Lipinski definition) is 1. The quantitative estimate of drug-likeness (QED) is 0.464. The molecule has 0 heterocycles. The van der Waals surface area contributed by atoms with Crippen molar-refractivity contribution in [3.05, 3.63) is 0 Å². The highest BCUT2D eigenvalue weighted by molar-refractivity contribution is 6.17. The summed E-state index contributed by atoms with van der Waals surface area (Å²) in [5.41, 5.74) is 0.0148. The zero-order chi connectivity index (χ0) is 8.74. The summed E-state index contributed by atoms with van der Waals surface area (Å²) in [6, 6.07) is 0. The molecule has 0 aliphatic carbocycles. The minimum absolute atomic E-state index is 0.0148. The highest BCUT2D eigenvalue weighted by Gasteiger charge is 2.08. The lowest BCUT2D eigenvalue weighted by Gasteiger charge is -2.19. The highest BCUT2D eigenvalue weighted by Crippen LogP contribution is 2.08. The van der Waals surface area contributed by atoms with E-state index in [-0.39, 0.29) is 5.60 Å². The molecule has 0 aromatic heterocycles. The number of ether oxygens (including phenoxy) is 1. The van der Waals surface area contributed by atoms with E-state index in [1.807, 2.05) is 0 Å². The van der Waals surface area contributed by atoms with E-state index >= 15 is 0 Å². The molecule has 0 spiro atoms. The monoisotopic (exact) mass is 178 g/mol. The third-order valence-corrected chi connectivity index (χ3v) is 1.58. The molecule has 0 aromatic rings. The lowest BCUT2D eigenvalue weighted by Crippen LogP contribution is -2.19. The molecule has 0 rings (SSSR count). The van der Waals surface area contributed by atoms with Crippen molar-refractivity contribution in [2.45, 2.75) is 45.6 Å². The summed E-state index contributed by atoms with van der Waals surface area (Å²) < 4.78 is 5.53. The molecule has 0 aliphatic rings. The van der Waals surface area contributed by atoms with Gasteiger partial charge in [0.05, 0.1) is 5.60 Å². The van der Waals surface area contributed by atoms with Crippen molar-refractivity contribution in [2.75, 3.05) is 12.5 Å². The van der Waals surface area contributed by atoms with E-state index in [2.05, 4.69) is 20.8 Å². The van der Waals surface area contributed by atoms with Gasteiger partial charge in [-0.25, -0.2) is 0 Å². The van der Waals surface area contributed by atoms with Crippen LogP contribution >= 0.6 is 11.6 Å². The summed E-state index contributed by atoms with van der Waals surface area (Å²) in [7, 11) is 0. The van der Waals surface area contributed by atoms with Crippen LogP contribution in [0, 0.1) is 0 Å². The fraction of sp³-hybridized carbons (Fsp3) is 1.00. The Labute approximate surface area is 75.1 Å². The summed E-state index contributed by atoms with van der Waals surface area (Å²) >= 11 is 5.53. The van der Waals surface area contributed by atoms with Gasteiger partial charge in [0.2, 0.25) is 0 Å². The molecule has 0 saturated carbocycles. The van der Waals surface area contributed by atoms with Crippen LogP contribution in [0.3, 0.4) is 0 Å². The molecule has 0 radical (unpaired) electrons. The molecule has 0 atom stereocenters. The van der Waals surface area contributed by atoms with Gasteiger partial charge in [0.25, 0.3) is 0 Å². The molecule has 0 aliphatic heterocycles. The van der Waals surface area contributed by atoms with Gasteiger partial charge in [-0.2, -0.15) is 0 Å². The van der Waals surface area contributed by atoms with Crippen LogP contribution in [0.2, 0.25) is 0 Å². The molecule has 1 nitrogen and oxygen atoms in total. The number of halogens is 1. The largest absolute Gasteiger partial charge is 0.376 e. The molecular weight excluding hydrogens is 160 g/mol. The minimum atomic E-state index is 0.0148. The van der Waals surface area contributed by atoms with Gasteiger partial charge in [-0.3, -0.25) is 0 Å². The van der Waals surface area contributed by atoms with Gasteiger partial charge >= 0.3 is 0 Å². The zero-order valence-corrected chi connectivity index (χ0v) is 8.58. The summed E-state index contributed by atoms with van der Waals surface area (Å²) in [5.74, 6) is 0.773. The zero-order valence-electron chi connectivity index (χ0n) is 7.82. The molecule has 2 heteroatoms. The normalized spacial score (nSPS) is 12.0. The van der Waals surface area contributed by atoms with E-state index in [0.29, 0.717) is 0 Å². The van der Waals surface area contributed by atoms with Gasteiger partial charge in [0.15, 0.2) is 0 Å². The third-order valence-electron chi connectivity index (χ3n) is 1.31. The Morgan fingerprint density at radius 2 is 1.73 bits per heavy atom. The van der Waals surface area contributed by atoms with Crippen molar-refractivity contribution in [1.82, 2.24) is 0 Å². The molecule has 11 heavy (non-hydrogen) atoms. The maximum atomic E-state index is 5.53. The number of unbranched alkanes of at least 4 members (excludes halogenated alkanes) is 2. The SMILES string of the molecule is CC(C)(C)OCCCCCCl. The standard InChI is InChI=1S/C9H19ClO/c1-9(2,3)11-8-6-4-5-7-10/h4-8H2,1-3H3. The Hall–Kier alpha value is 0.250. The molecular formula is C9H19ClO. The number of alkyl halides is 1.